The number of nitrogens with zero attached hydrogens (tertiary/aromatic N) is 1. The highest BCUT2D eigenvalue weighted by Gasteiger charge is 2.31. The van der Waals surface area contributed by atoms with Crippen molar-refractivity contribution in [3.05, 3.63) is 35.9 Å². The number of rotatable bonds is 4. The molecule has 18 heavy (non-hydrogen) atoms. The second-order valence-corrected chi connectivity index (χ2v) is 5.49. The molecule has 0 spiro atoms. The number of nitrogens with one attached hydrogen (secondary N) is 1. The molecule has 2 heterocycles. The molecule has 2 aliphatic rings. The Hall–Kier alpha value is -0.900. The number of fused-ring (bicyclic) bond motifs is 2. The molecule has 98 valence electrons. The largest absolute Gasteiger partial charge is 0.303 e. The van der Waals surface area contributed by atoms with Crippen LogP contribution in [-0.4, -0.2) is 30.6 Å². The van der Waals surface area contributed by atoms with E-state index in [4.69, 9.17) is 4.84 Å². The number of piperidine rings is 2. The summed E-state index contributed by atoms with van der Waals surface area (Å²) < 4.78 is 0. The summed E-state index contributed by atoms with van der Waals surface area (Å²) in [7, 11) is 0. The van der Waals surface area contributed by atoms with Crippen molar-refractivity contribution in [2.24, 2.45) is 5.92 Å². The van der Waals surface area contributed by atoms with Crippen LogP contribution in [0.4, 0.5) is 0 Å². The number of benzene rings is 1. The quantitative estimate of drug-likeness (QED) is 0.824. The molecule has 3 unspecified atom stereocenters. The second-order valence-electron chi connectivity index (χ2n) is 5.49. The summed E-state index contributed by atoms with van der Waals surface area (Å²) in [6, 6.07) is 10.9. The van der Waals surface area contributed by atoms with Crippen molar-refractivity contribution in [2.75, 3.05) is 19.6 Å². The molecule has 2 bridgehead atoms. The van der Waals surface area contributed by atoms with Crippen molar-refractivity contribution in [2.45, 2.75) is 31.9 Å². The van der Waals surface area contributed by atoms with Crippen LogP contribution in [0.3, 0.4) is 0 Å². The molecule has 2 aliphatic heterocycles. The van der Waals surface area contributed by atoms with Crippen LogP contribution in [0.25, 0.3) is 0 Å². The molecular formula is C15H22N2O. The molecule has 1 aromatic rings. The first kappa shape index (κ1) is 12.2. The molecule has 2 saturated heterocycles. The van der Waals surface area contributed by atoms with Gasteiger partial charge in [-0.25, -0.2) is 0 Å². The van der Waals surface area contributed by atoms with Gasteiger partial charge in [0.05, 0.1) is 6.61 Å². The van der Waals surface area contributed by atoms with Gasteiger partial charge in [0.25, 0.3) is 0 Å². The van der Waals surface area contributed by atoms with E-state index in [1.807, 2.05) is 6.07 Å². The lowest BCUT2D eigenvalue weighted by Gasteiger charge is -2.42. The van der Waals surface area contributed by atoms with Crippen LogP contribution in [-0.2, 0) is 11.4 Å². The van der Waals surface area contributed by atoms with Gasteiger partial charge >= 0.3 is 0 Å². The Morgan fingerprint density at radius 2 is 2.06 bits per heavy atom. The highest BCUT2D eigenvalue weighted by molar-refractivity contribution is 5.13. The molecule has 2 fully saturated rings. The van der Waals surface area contributed by atoms with Gasteiger partial charge in [0, 0.05) is 12.6 Å². The lowest BCUT2D eigenvalue weighted by atomic mass is 9.85. The van der Waals surface area contributed by atoms with Gasteiger partial charge < -0.3 is 4.90 Å². The summed E-state index contributed by atoms with van der Waals surface area (Å²) >= 11 is 0. The lowest BCUT2D eigenvalue weighted by Crippen LogP contribution is -2.52. The first-order chi connectivity index (χ1) is 8.92. The first-order valence-electron chi connectivity index (χ1n) is 7.05. The Balaban J connectivity index is 1.45. The zero-order chi connectivity index (χ0) is 12.2. The van der Waals surface area contributed by atoms with Crippen LogP contribution in [0.15, 0.2) is 30.3 Å². The maximum atomic E-state index is 5.68. The van der Waals surface area contributed by atoms with Crippen LogP contribution < -0.4 is 5.48 Å². The molecule has 3 heteroatoms. The highest BCUT2D eigenvalue weighted by Crippen LogP contribution is 2.26. The van der Waals surface area contributed by atoms with E-state index in [2.05, 4.69) is 34.6 Å². The Kier molecular flexibility index (Phi) is 3.93. The lowest BCUT2D eigenvalue weighted by molar-refractivity contribution is -0.0399. The number of hydrogen-bond acceptors (Lipinski definition) is 3. The minimum Gasteiger partial charge on any atom is -0.303 e. The van der Waals surface area contributed by atoms with Gasteiger partial charge in [-0.2, -0.15) is 5.48 Å². The average Bonchev–Trinajstić information content (AvgIpc) is 2.43. The Bertz CT molecular complexity index is 368. The predicted molar refractivity (Wildman–Crippen MR) is 71.9 cm³/mol. The van der Waals surface area contributed by atoms with Gasteiger partial charge in [-0.15, -0.1) is 0 Å². The van der Waals surface area contributed by atoms with Crippen molar-refractivity contribution < 1.29 is 4.84 Å². The summed E-state index contributed by atoms with van der Waals surface area (Å²) in [6.45, 7) is 4.44. The van der Waals surface area contributed by atoms with Crippen molar-refractivity contribution >= 4 is 0 Å². The van der Waals surface area contributed by atoms with Crippen molar-refractivity contribution in [3.63, 3.8) is 0 Å². The number of hydrogen-bond donors (Lipinski definition) is 1. The van der Waals surface area contributed by atoms with Gasteiger partial charge in [-0.3, -0.25) is 4.84 Å². The maximum Gasteiger partial charge on any atom is 0.0933 e. The Morgan fingerprint density at radius 3 is 2.94 bits per heavy atom. The van der Waals surface area contributed by atoms with E-state index in [-0.39, 0.29) is 0 Å². The van der Waals surface area contributed by atoms with Crippen LogP contribution in [0.1, 0.15) is 24.8 Å². The zero-order valence-corrected chi connectivity index (χ0v) is 10.8. The van der Waals surface area contributed by atoms with E-state index in [0.29, 0.717) is 12.6 Å². The zero-order valence-electron chi connectivity index (χ0n) is 10.8. The van der Waals surface area contributed by atoms with Crippen LogP contribution in [0.2, 0.25) is 0 Å². The molecule has 0 aliphatic carbocycles. The van der Waals surface area contributed by atoms with Crippen molar-refractivity contribution in [1.29, 1.82) is 0 Å². The van der Waals surface area contributed by atoms with E-state index in [1.165, 1.54) is 44.5 Å². The van der Waals surface area contributed by atoms with E-state index in [1.54, 1.807) is 0 Å². The van der Waals surface area contributed by atoms with Gasteiger partial charge in [0.1, 0.15) is 0 Å². The third-order valence-electron chi connectivity index (χ3n) is 4.18. The molecule has 0 saturated carbocycles. The van der Waals surface area contributed by atoms with Crippen LogP contribution in [0, 0.1) is 5.92 Å². The summed E-state index contributed by atoms with van der Waals surface area (Å²) in [6.07, 6.45) is 3.92. The summed E-state index contributed by atoms with van der Waals surface area (Å²) in [4.78, 5) is 8.27. The Morgan fingerprint density at radius 1 is 1.17 bits per heavy atom. The van der Waals surface area contributed by atoms with Crippen molar-refractivity contribution in [3.8, 4) is 0 Å². The standard InChI is InChI=1S/C15H22N2O/c1-2-5-13(6-3-1)12-18-16-15-8-10-17-9-4-7-14(15)11-17/h1-3,5-6,14-16H,4,7-12H2. The minimum atomic E-state index is 0.547. The third kappa shape index (κ3) is 2.91. The third-order valence-corrected chi connectivity index (χ3v) is 4.18. The average molecular weight is 246 g/mol. The summed E-state index contributed by atoms with van der Waals surface area (Å²) in [5.41, 5.74) is 4.53. The predicted octanol–water partition coefficient (Wildman–Crippen LogP) is 2.19. The van der Waals surface area contributed by atoms with E-state index < -0.39 is 0 Å². The molecule has 1 N–H and O–H groups in total. The molecule has 0 radical (unpaired) electrons. The van der Waals surface area contributed by atoms with E-state index in [0.717, 1.165) is 5.92 Å². The maximum absolute atomic E-state index is 5.68. The Labute approximate surface area is 109 Å². The fraction of sp³-hybridized carbons (Fsp3) is 0.600. The molecule has 0 amide bonds. The fourth-order valence-electron chi connectivity index (χ4n) is 3.14. The van der Waals surface area contributed by atoms with E-state index in [9.17, 15) is 0 Å². The molecular weight excluding hydrogens is 224 g/mol. The van der Waals surface area contributed by atoms with Gasteiger partial charge in [0.2, 0.25) is 0 Å². The minimum absolute atomic E-state index is 0.547. The highest BCUT2D eigenvalue weighted by atomic mass is 16.6. The molecule has 0 aromatic heterocycles. The van der Waals surface area contributed by atoms with E-state index >= 15 is 0 Å². The van der Waals surface area contributed by atoms with Gasteiger partial charge in [-0.1, -0.05) is 30.3 Å². The van der Waals surface area contributed by atoms with Crippen LogP contribution >= 0.6 is 0 Å². The second kappa shape index (κ2) is 5.83. The fourth-order valence-corrected chi connectivity index (χ4v) is 3.14. The topological polar surface area (TPSA) is 24.5 Å². The SMILES string of the molecule is c1ccc(CONC2CCN3CCCC2C3)cc1. The first-order valence-corrected chi connectivity index (χ1v) is 7.05. The van der Waals surface area contributed by atoms with Gasteiger partial charge in [0.15, 0.2) is 0 Å². The molecule has 3 nitrogen and oxygen atoms in total. The summed E-state index contributed by atoms with van der Waals surface area (Å²) in [5.74, 6) is 0.781. The normalized spacial score (nSPS) is 31.2. The monoisotopic (exact) mass is 246 g/mol. The smallest absolute Gasteiger partial charge is 0.0933 e. The molecule has 3 atom stereocenters. The van der Waals surface area contributed by atoms with Gasteiger partial charge in [-0.05, 0) is 43.8 Å². The number of hydroxylamine groups is 1. The molecule has 1 aromatic carbocycles. The van der Waals surface area contributed by atoms with Crippen LogP contribution in [0.5, 0.6) is 0 Å². The molecule has 3 rings (SSSR count). The van der Waals surface area contributed by atoms with Crippen molar-refractivity contribution in [1.82, 2.24) is 10.4 Å². The summed E-state index contributed by atoms with van der Waals surface area (Å²) in [5, 5.41) is 0.